The summed E-state index contributed by atoms with van der Waals surface area (Å²) in [7, 11) is -9.88. The number of alkyl halides is 1. The van der Waals surface area contributed by atoms with Crippen molar-refractivity contribution < 1.29 is 194 Å². The molecule has 26 nitrogen and oxygen atoms in total. The van der Waals surface area contributed by atoms with Crippen LogP contribution < -0.4 is 129 Å². The van der Waals surface area contributed by atoms with Crippen LogP contribution in [0.5, 0.6) is 0 Å². The Hall–Kier alpha value is 2.51. The fourth-order valence-corrected chi connectivity index (χ4v) is 15.0. The van der Waals surface area contributed by atoms with E-state index in [2.05, 4.69) is 56.1 Å². The predicted molar refractivity (Wildman–Crippen MR) is 205 cm³/mol. The number of thiol groups is 1. The zero-order valence-electron chi connectivity index (χ0n) is 32.7. The summed E-state index contributed by atoms with van der Waals surface area (Å²) in [6.45, 7) is -11.7. The molecule has 0 aliphatic carbocycles. The smallest absolute Gasteiger partial charge is 0.387 e. The molecule has 38 heteroatoms. The van der Waals surface area contributed by atoms with Gasteiger partial charge in [0.25, 0.3) is 0 Å². The maximum Gasteiger partial charge on any atom is 1.00 e. The second-order valence-electron chi connectivity index (χ2n) is 11.9. The van der Waals surface area contributed by atoms with Gasteiger partial charge in [-0.15, -0.1) is 0 Å². The van der Waals surface area contributed by atoms with E-state index in [1.807, 2.05) is 0 Å². The van der Waals surface area contributed by atoms with Crippen LogP contribution in [0.4, 0.5) is 11.6 Å². The number of nitrogens with zero attached hydrogens (tertiary/aromatic N) is 8. The molecule has 2 saturated heterocycles. The quantitative estimate of drug-likeness (QED) is 0.0124. The second-order valence-corrected chi connectivity index (χ2v) is 24.0. The summed E-state index contributed by atoms with van der Waals surface area (Å²) < 4.78 is 72.0. The van der Waals surface area contributed by atoms with E-state index in [4.69, 9.17) is 47.7 Å². The first-order chi connectivity index (χ1) is 26.6. The van der Waals surface area contributed by atoms with Crippen molar-refractivity contribution in [3.8, 4) is 0 Å². The van der Waals surface area contributed by atoms with E-state index in [-0.39, 0.29) is 141 Å². The third kappa shape index (κ3) is 13.4. The number of nitrogens with one attached hydrogen (secondary N) is 1. The molecule has 316 valence electrons. The Morgan fingerprint density at radius 3 is 1.90 bits per heavy atom. The van der Waals surface area contributed by atoms with Gasteiger partial charge in [0.1, 0.15) is 48.5 Å². The Bertz CT molecular complexity index is 2360. The molecule has 4 aromatic heterocycles. The number of aliphatic hydroxyl groups excluding tert-OH is 4. The van der Waals surface area contributed by atoms with Crippen molar-refractivity contribution in [3.05, 3.63) is 19.0 Å². The molecule has 13 atom stereocenters. The van der Waals surface area contributed by atoms with Crippen LogP contribution in [0, 0.1) is 0 Å². The normalized spacial score (nSPS) is 28.2. The van der Waals surface area contributed by atoms with Gasteiger partial charge in [-0.05, 0) is 18.1 Å². The van der Waals surface area contributed by atoms with Crippen LogP contribution >= 0.6 is 64.3 Å². The number of hydrogen-bond acceptors (Lipinski definition) is 23. The van der Waals surface area contributed by atoms with Crippen LogP contribution in [-0.2, 0) is 52.6 Å². The van der Waals surface area contributed by atoms with E-state index in [1.54, 1.807) is 13.3 Å². The topological polar surface area (TPSA) is 373 Å². The van der Waals surface area contributed by atoms with Crippen LogP contribution in [0.25, 0.3) is 22.3 Å². The summed E-state index contributed by atoms with van der Waals surface area (Å²) in [6.07, 6.45) is -6.83. The van der Waals surface area contributed by atoms with Gasteiger partial charge in [0.2, 0.25) is 4.86 Å². The van der Waals surface area contributed by atoms with Crippen molar-refractivity contribution in [2.45, 2.75) is 59.1 Å². The van der Waals surface area contributed by atoms with E-state index >= 15 is 0 Å². The number of fused-ring (bicyclic) bond motifs is 2. The average molecular weight is 1050 g/mol. The van der Waals surface area contributed by atoms with Gasteiger partial charge < -0.3 is 60.2 Å². The number of rotatable bonds is 16. The van der Waals surface area contributed by atoms with Crippen LogP contribution in [0.1, 0.15) is 12.5 Å². The molecular formula is C23H33ClN10Na4O16P4S3+4. The molecule has 0 aromatic carbocycles. The molecule has 2 aliphatic heterocycles. The SMILES string of the molecule is CNc1nc(SC)nc2c1ncn2[C@@H]1O[C@H](COP(O)(=S)OP(=O)(O)C(Cl)P(=O)(O)OP(=O)(S)OC[C@H]2O[C@@H](n3cnc4c(N)ncnc43)[C@H](O)[C@@H]2O)[C@@H](O)[C@H]1O.[Na+].[Na+].[Na+].[Na+]. The number of imidazole rings is 2. The molecule has 61 heavy (non-hydrogen) atoms. The first kappa shape index (κ1) is 59.6. The van der Waals surface area contributed by atoms with Crippen LogP contribution in [-0.4, -0.2) is 142 Å². The van der Waals surface area contributed by atoms with E-state index < -0.39 is 95.9 Å². The summed E-state index contributed by atoms with van der Waals surface area (Å²) in [5.74, 6) is 0.397. The van der Waals surface area contributed by atoms with Crippen molar-refractivity contribution >= 4 is 110 Å². The standard InChI is InChI=1S/C23H33ClN10O16P4S3.4Na/c1-26-17-11-19(32-23(31-17)57-2)34(7-30-11)21-15(38)13(36)9(48-21)4-46-54(44,56)50-52(41,42)22(24)51(39,40)49-53(43,55)45-3-8-12(35)14(37)20(47-8)33-6-29-10-16(25)27-5-28-18(10)33;;;;/h5-9,12-15,20-22,35-38H,3-4H2,1-2H3,(H,39,40)(H,41,42)(H,43,55)(H,44,56)(H2,25,27,28)(H,26,31,32);;;;/q;4*+1/t8-,9-,12-,13-,14-,15-,20-,21-,22?,53?,54?;;;;/m1..../s1. The van der Waals surface area contributed by atoms with Crippen molar-refractivity contribution in [1.29, 1.82) is 0 Å². The Morgan fingerprint density at radius 1 is 0.852 bits per heavy atom. The largest absolute Gasteiger partial charge is 1.00 e. The molecule has 0 bridgehead atoms. The van der Waals surface area contributed by atoms with Crippen LogP contribution in [0.15, 0.2) is 24.1 Å². The van der Waals surface area contributed by atoms with Crippen LogP contribution in [0.3, 0.4) is 0 Å². The average Bonchev–Trinajstić information content (AvgIpc) is 3.90. The molecule has 5 unspecified atom stereocenters. The molecule has 6 rings (SSSR count). The summed E-state index contributed by atoms with van der Waals surface area (Å²) in [6, 6.07) is 0. The summed E-state index contributed by atoms with van der Waals surface area (Å²) in [4.78, 5) is 53.3. The number of hydrogen-bond donors (Lipinski definition) is 10. The molecule has 2 aliphatic rings. The number of ether oxygens (including phenoxy) is 2. The zero-order chi connectivity index (χ0) is 41.8. The molecule has 6 heterocycles. The molecule has 0 amide bonds. The monoisotopic (exact) mass is 1050 g/mol. The second kappa shape index (κ2) is 23.9. The molecule has 0 radical (unpaired) electrons. The summed E-state index contributed by atoms with van der Waals surface area (Å²) in [5.41, 5.74) is 6.62. The molecule has 2 fully saturated rings. The van der Waals surface area contributed by atoms with E-state index in [9.17, 15) is 48.8 Å². The zero-order valence-corrected chi connectivity index (χ0v) is 47.6. The Balaban J connectivity index is 0.00000320. The maximum absolute atomic E-state index is 13.0. The van der Waals surface area contributed by atoms with E-state index in [1.165, 1.54) is 33.6 Å². The van der Waals surface area contributed by atoms with Crippen molar-refractivity contribution in [2.75, 3.05) is 37.6 Å². The predicted octanol–water partition coefficient (Wildman–Crippen LogP) is -11.5. The minimum absolute atomic E-state index is 0. The van der Waals surface area contributed by atoms with E-state index in [0.29, 0.717) is 16.5 Å². The number of thioether (sulfide) groups is 1. The van der Waals surface area contributed by atoms with Crippen molar-refractivity contribution in [3.63, 3.8) is 0 Å². The fraction of sp³-hybridized carbons (Fsp3) is 0.565. The summed E-state index contributed by atoms with van der Waals surface area (Å²) >= 11 is 15.4. The van der Waals surface area contributed by atoms with Gasteiger partial charge in [-0.2, -0.15) is 0 Å². The van der Waals surface area contributed by atoms with Gasteiger partial charge in [-0.1, -0.05) is 35.6 Å². The Labute approximate surface area is 453 Å². The number of aromatic nitrogens is 8. The van der Waals surface area contributed by atoms with Crippen LogP contribution in [0.2, 0.25) is 0 Å². The molecule has 0 spiro atoms. The van der Waals surface area contributed by atoms with Gasteiger partial charge in [0, 0.05) is 7.05 Å². The third-order valence-electron chi connectivity index (χ3n) is 8.21. The van der Waals surface area contributed by atoms with Crippen molar-refractivity contribution in [1.82, 2.24) is 39.0 Å². The van der Waals surface area contributed by atoms with Gasteiger partial charge in [-0.3, -0.25) is 22.8 Å². The third-order valence-corrected chi connectivity index (χ3v) is 19.5. The molecular weight excluding hydrogens is 1020 g/mol. The molecule has 10 N–H and O–H groups in total. The number of aliphatic hydroxyl groups is 4. The van der Waals surface area contributed by atoms with Crippen molar-refractivity contribution in [2.24, 2.45) is 0 Å². The fourth-order valence-electron chi connectivity index (χ4n) is 5.54. The number of nitrogen functional groups attached to an aromatic ring is 1. The maximum atomic E-state index is 13.0. The minimum atomic E-state index is -5.76. The van der Waals surface area contributed by atoms with Gasteiger partial charge in [0.05, 0.1) is 25.9 Å². The summed E-state index contributed by atoms with van der Waals surface area (Å²) in [5, 5.41) is 45.9. The first-order valence-corrected chi connectivity index (χ1v) is 25.9. The Morgan fingerprint density at radius 2 is 1.36 bits per heavy atom. The number of nitrogens with two attached hydrogens (primary N) is 1. The Kier molecular flexibility index (Phi) is 23.3. The minimum Gasteiger partial charge on any atom is -0.387 e. The van der Waals surface area contributed by atoms with Gasteiger partial charge in [0.15, 0.2) is 46.1 Å². The van der Waals surface area contributed by atoms with Gasteiger partial charge >= 0.3 is 147 Å². The van der Waals surface area contributed by atoms with E-state index in [0.717, 1.165) is 6.33 Å². The molecule has 4 aromatic rings. The molecule has 0 saturated carbocycles. The first-order valence-electron chi connectivity index (χ1n) is 15.7. The number of anilines is 2. The van der Waals surface area contributed by atoms with Gasteiger partial charge in [-0.25, -0.2) is 43.1 Å². The number of halogens is 1.